The van der Waals surface area contributed by atoms with Crippen molar-refractivity contribution in [3.05, 3.63) is 27.7 Å². The fourth-order valence-corrected chi connectivity index (χ4v) is 1.82. The summed E-state index contributed by atoms with van der Waals surface area (Å²) in [6.07, 6.45) is 0.992. The van der Waals surface area contributed by atoms with Crippen LogP contribution in [0.1, 0.15) is 6.42 Å². The summed E-state index contributed by atoms with van der Waals surface area (Å²) < 4.78 is 6.45. The van der Waals surface area contributed by atoms with Crippen LogP contribution in [0.15, 0.2) is 22.7 Å². The van der Waals surface area contributed by atoms with Crippen LogP contribution in [0.5, 0.6) is 5.75 Å². The highest BCUT2D eigenvalue weighted by atomic mass is 79.9. The Morgan fingerprint density at radius 3 is 2.93 bits per heavy atom. The third kappa shape index (κ3) is 3.86. The SMILES string of the molecule is CNCCCOc1ccc(Cl)cc1Br. The molecule has 78 valence electrons. The van der Waals surface area contributed by atoms with Gasteiger partial charge in [0.25, 0.3) is 0 Å². The topological polar surface area (TPSA) is 21.3 Å². The molecule has 2 nitrogen and oxygen atoms in total. The van der Waals surface area contributed by atoms with Crippen LogP contribution in [0, 0.1) is 0 Å². The van der Waals surface area contributed by atoms with Crippen molar-refractivity contribution in [1.29, 1.82) is 0 Å². The number of hydrogen-bond acceptors (Lipinski definition) is 2. The molecule has 1 aromatic rings. The second-order valence-corrected chi connectivity index (χ2v) is 4.17. The van der Waals surface area contributed by atoms with Crippen LogP contribution in [0.2, 0.25) is 5.02 Å². The van der Waals surface area contributed by atoms with E-state index < -0.39 is 0 Å². The summed E-state index contributed by atoms with van der Waals surface area (Å²) in [5.41, 5.74) is 0. The summed E-state index contributed by atoms with van der Waals surface area (Å²) >= 11 is 9.20. The first-order valence-corrected chi connectivity index (χ1v) is 5.63. The van der Waals surface area contributed by atoms with Gasteiger partial charge in [-0.05, 0) is 54.1 Å². The minimum atomic E-state index is 0.708. The molecule has 0 saturated carbocycles. The molecule has 0 fully saturated rings. The molecule has 0 heterocycles. The van der Waals surface area contributed by atoms with Crippen molar-refractivity contribution < 1.29 is 4.74 Å². The molecule has 1 N–H and O–H groups in total. The molecule has 0 aliphatic rings. The molecule has 0 aromatic heterocycles. The number of nitrogens with one attached hydrogen (secondary N) is 1. The number of hydrogen-bond donors (Lipinski definition) is 1. The summed E-state index contributed by atoms with van der Waals surface area (Å²) in [6.45, 7) is 1.67. The van der Waals surface area contributed by atoms with Gasteiger partial charge in [-0.15, -0.1) is 0 Å². The highest BCUT2D eigenvalue weighted by Gasteiger charge is 2.00. The third-order valence-corrected chi connectivity index (χ3v) is 2.58. The zero-order valence-corrected chi connectivity index (χ0v) is 10.4. The van der Waals surface area contributed by atoms with Gasteiger partial charge in [0.05, 0.1) is 11.1 Å². The van der Waals surface area contributed by atoms with Crippen molar-refractivity contribution in [2.24, 2.45) is 0 Å². The average molecular weight is 279 g/mol. The van der Waals surface area contributed by atoms with Gasteiger partial charge in [0, 0.05) is 5.02 Å². The maximum atomic E-state index is 5.81. The molecular weight excluding hydrogens is 265 g/mol. The molecule has 0 unspecified atom stereocenters. The van der Waals surface area contributed by atoms with Crippen molar-refractivity contribution in [3.8, 4) is 5.75 Å². The smallest absolute Gasteiger partial charge is 0.133 e. The van der Waals surface area contributed by atoms with E-state index in [1.54, 1.807) is 0 Å². The summed E-state index contributed by atoms with van der Waals surface area (Å²) in [7, 11) is 1.93. The van der Waals surface area contributed by atoms with E-state index in [2.05, 4.69) is 21.2 Å². The standard InChI is InChI=1S/C10H13BrClNO/c1-13-5-2-6-14-10-4-3-8(12)7-9(10)11/h3-4,7,13H,2,5-6H2,1H3. The van der Waals surface area contributed by atoms with Gasteiger partial charge < -0.3 is 10.1 Å². The number of ether oxygens (including phenoxy) is 1. The lowest BCUT2D eigenvalue weighted by molar-refractivity contribution is 0.308. The lowest BCUT2D eigenvalue weighted by atomic mass is 10.3. The van der Waals surface area contributed by atoms with E-state index in [1.807, 2.05) is 25.2 Å². The zero-order chi connectivity index (χ0) is 10.4. The molecule has 0 atom stereocenters. The molecule has 1 rings (SSSR count). The molecule has 1 aromatic carbocycles. The highest BCUT2D eigenvalue weighted by molar-refractivity contribution is 9.10. The summed E-state index contributed by atoms with van der Waals surface area (Å²) in [5, 5.41) is 3.77. The summed E-state index contributed by atoms with van der Waals surface area (Å²) in [6, 6.07) is 5.51. The van der Waals surface area contributed by atoms with Crippen LogP contribution in [0.25, 0.3) is 0 Å². The summed E-state index contributed by atoms with van der Waals surface area (Å²) in [5.74, 6) is 0.838. The van der Waals surface area contributed by atoms with Crippen LogP contribution in [-0.2, 0) is 0 Å². The lowest BCUT2D eigenvalue weighted by Gasteiger charge is -2.07. The van der Waals surface area contributed by atoms with Crippen molar-refractivity contribution in [2.75, 3.05) is 20.2 Å². The van der Waals surface area contributed by atoms with E-state index in [4.69, 9.17) is 16.3 Å². The van der Waals surface area contributed by atoms with Gasteiger partial charge in [-0.25, -0.2) is 0 Å². The fourth-order valence-electron chi connectivity index (χ4n) is 1.02. The molecule has 0 saturated heterocycles. The van der Waals surface area contributed by atoms with Crippen molar-refractivity contribution in [3.63, 3.8) is 0 Å². The molecule has 0 radical (unpaired) electrons. The van der Waals surface area contributed by atoms with Crippen LogP contribution >= 0.6 is 27.5 Å². The van der Waals surface area contributed by atoms with Gasteiger partial charge in [-0.2, -0.15) is 0 Å². The van der Waals surface area contributed by atoms with Crippen molar-refractivity contribution in [2.45, 2.75) is 6.42 Å². The molecule has 0 bridgehead atoms. The summed E-state index contributed by atoms with van der Waals surface area (Å²) in [4.78, 5) is 0. The second kappa shape index (κ2) is 6.27. The molecule has 0 amide bonds. The lowest BCUT2D eigenvalue weighted by Crippen LogP contribution is -2.11. The minimum absolute atomic E-state index is 0.708. The van der Waals surface area contributed by atoms with E-state index >= 15 is 0 Å². The first kappa shape index (κ1) is 11.8. The Kier molecular flexibility index (Phi) is 5.30. The number of rotatable bonds is 5. The second-order valence-electron chi connectivity index (χ2n) is 2.88. The Labute approximate surface area is 97.7 Å². The fraction of sp³-hybridized carbons (Fsp3) is 0.400. The molecule has 0 spiro atoms. The molecule has 0 aliphatic carbocycles. The van der Waals surface area contributed by atoms with Gasteiger partial charge >= 0.3 is 0 Å². The van der Waals surface area contributed by atoms with Gasteiger partial charge in [0.15, 0.2) is 0 Å². The predicted molar refractivity (Wildman–Crippen MR) is 63.2 cm³/mol. The molecule has 4 heteroatoms. The van der Waals surface area contributed by atoms with E-state index in [9.17, 15) is 0 Å². The number of halogens is 2. The number of benzene rings is 1. The Hall–Kier alpha value is -0.250. The van der Waals surface area contributed by atoms with Gasteiger partial charge in [-0.1, -0.05) is 11.6 Å². The van der Waals surface area contributed by atoms with E-state index in [1.165, 1.54) is 0 Å². The molecular formula is C10H13BrClNO. The predicted octanol–water partition coefficient (Wildman–Crippen LogP) is 3.09. The third-order valence-electron chi connectivity index (χ3n) is 1.72. The van der Waals surface area contributed by atoms with Crippen LogP contribution in [0.3, 0.4) is 0 Å². The van der Waals surface area contributed by atoms with Crippen LogP contribution in [0.4, 0.5) is 0 Å². The quantitative estimate of drug-likeness (QED) is 0.836. The van der Waals surface area contributed by atoms with E-state index in [-0.39, 0.29) is 0 Å². The molecule has 14 heavy (non-hydrogen) atoms. The minimum Gasteiger partial charge on any atom is -0.492 e. The van der Waals surface area contributed by atoms with Crippen molar-refractivity contribution in [1.82, 2.24) is 5.32 Å². The van der Waals surface area contributed by atoms with Gasteiger partial charge in [-0.3, -0.25) is 0 Å². The van der Waals surface area contributed by atoms with Crippen LogP contribution in [-0.4, -0.2) is 20.2 Å². The first-order chi connectivity index (χ1) is 6.74. The van der Waals surface area contributed by atoms with E-state index in [0.717, 1.165) is 23.2 Å². The zero-order valence-electron chi connectivity index (χ0n) is 8.02. The van der Waals surface area contributed by atoms with Gasteiger partial charge in [0.1, 0.15) is 5.75 Å². The Balaban J connectivity index is 2.42. The van der Waals surface area contributed by atoms with Gasteiger partial charge in [0.2, 0.25) is 0 Å². The first-order valence-electron chi connectivity index (χ1n) is 4.46. The van der Waals surface area contributed by atoms with E-state index in [0.29, 0.717) is 11.6 Å². The maximum Gasteiger partial charge on any atom is 0.133 e. The largest absolute Gasteiger partial charge is 0.492 e. The Bertz CT molecular complexity index is 293. The monoisotopic (exact) mass is 277 g/mol. The maximum absolute atomic E-state index is 5.81. The Morgan fingerprint density at radius 1 is 1.50 bits per heavy atom. The molecule has 0 aliphatic heterocycles. The normalized spacial score (nSPS) is 10.2. The average Bonchev–Trinajstić information content (AvgIpc) is 2.15. The Morgan fingerprint density at radius 2 is 2.29 bits per heavy atom. The van der Waals surface area contributed by atoms with Crippen LogP contribution < -0.4 is 10.1 Å². The van der Waals surface area contributed by atoms with Crippen molar-refractivity contribution >= 4 is 27.5 Å². The highest BCUT2D eigenvalue weighted by Crippen LogP contribution is 2.27.